The summed E-state index contributed by atoms with van der Waals surface area (Å²) in [5.41, 5.74) is 6.18. The van der Waals surface area contributed by atoms with Crippen molar-refractivity contribution < 1.29 is 12.8 Å². The second-order valence-corrected chi connectivity index (χ2v) is 7.16. The Bertz CT molecular complexity index is 714. The molecule has 0 amide bonds. The third-order valence-electron chi connectivity index (χ3n) is 2.43. The highest BCUT2D eigenvalue weighted by Gasteiger charge is 2.10. The van der Waals surface area contributed by atoms with Gasteiger partial charge in [-0.15, -0.1) is 0 Å². The molecule has 0 bridgehead atoms. The Kier molecular flexibility index (Phi) is 3.82. The molecule has 0 saturated heterocycles. The van der Waals surface area contributed by atoms with Gasteiger partial charge in [-0.25, -0.2) is 12.8 Å². The molecule has 0 spiro atoms. The molecule has 0 atom stereocenters. The van der Waals surface area contributed by atoms with Crippen LogP contribution in [0.1, 0.15) is 0 Å². The average Bonchev–Trinajstić information content (AvgIpc) is 2.30. The zero-order chi connectivity index (χ0) is 14.0. The van der Waals surface area contributed by atoms with Crippen LogP contribution in [0.25, 0.3) is 0 Å². The molecule has 0 fully saturated rings. The van der Waals surface area contributed by atoms with E-state index in [1.807, 2.05) is 0 Å². The fourth-order valence-electron chi connectivity index (χ4n) is 1.51. The van der Waals surface area contributed by atoms with Crippen LogP contribution in [0.3, 0.4) is 0 Å². The van der Waals surface area contributed by atoms with E-state index in [0.717, 1.165) is 6.26 Å². The first-order chi connectivity index (χ1) is 8.86. The molecule has 0 saturated carbocycles. The SMILES string of the molecule is CS(=O)(=O)c1ccc(Sc2cccc(F)c2)c(N)c1. The molecular formula is C13H12FNO2S2. The summed E-state index contributed by atoms with van der Waals surface area (Å²) in [6.45, 7) is 0. The number of halogens is 1. The predicted octanol–water partition coefficient (Wildman–Crippen LogP) is 2.96. The maximum atomic E-state index is 13.1. The Morgan fingerprint density at radius 1 is 1.16 bits per heavy atom. The zero-order valence-electron chi connectivity index (χ0n) is 10.1. The van der Waals surface area contributed by atoms with Crippen LogP contribution < -0.4 is 5.73 Å². The van der Waals surface area contributed by atoms with Gasteiger partial charge in [0.25, 0.3) is 0 Å². The van der Waals surface area contributed by atoms with E-state index in [0.29, 0.717) is 15.5 Å². The van der Waals surface area contributed by atoms with Crippen molar-refractivity contribution in [3.63, 3.8) is 0 Å². The molecule has 2 rings (SSSR count). The number of rotatable bonds is 3. The molecular weight excluding hydrogens is 285 g/mol. The minimum absolute atomic E-state index is 0.175. The third kappa shape index (κ3) is 3.48. The Labute approximate surface area is 115 Å². The average molecular weight is 297 g/mol. The molecule has 2 N–H and O–H groups in total. The summed E-state index contributed by atoms with van der Waals surface area (Å²) in [6.07, 6.45) is 1.13. The molecule has 0 aliphatic rings. The van der Waals surface area contributed by atoms with Gasteiger partial charge in [0.05, 0.1) is 4.90 Å². The van der Waals surface area contributed by atoms with Crippen LogP contribution in [0.5, 0.6) is 0 Å². The van der Waals surface area contributed by atoms with E-state index in [1.165, 1.54) is 36.0 Å². The first-order valence-electron chi connectivity index (χ1n) is 5.39. The van der Waals surface area contributed by atoms with E-state index in [-0.39, 0.29) is 10.7 Å². The van der Waals surface area contributed by atoms with Gasteiger partial charge in [0.2, 0.25) is 0 Å². The van der Waals surface area contributed by atoms with E-state index >= 15 is 0 Å². The Morgan fingerprint density at radius 2 is 1.89 bits per heavy atom. The number of hydrogen-bond donors (Lipinski definition) is 1. The van der Waals surface area contributed by atoms with Crippen molar-refractivity contribution in [3.05, 3.63) is 48.3 Å². The number of sulfone groups is 1. The lowest BCUT2D eigenvalue weighted by atomic mass is 10.3. The van der Waals surface area contributed by atoms with Gasteiger partial charge in [0.1, 0.15) is 5.82 Å². The molecule has 19 heavy (non-hydrogen) atoms. The normalized spacial score (nSPS) is 11.5. The zero-order valence-corrected chi connectivity index (χ0v) is 11.8. The van der Waals surface area contributed by atoms with E-state index in [2.05, 4.69) is 0 Å². The molecule has 6 heteroatoms. The van der Waals surface area contributed by atoms with Gasteiger partial charge in [-0.2, -0.15) is 0 Å². The lowest BCUT2D eigenvalue weighted by Gasteiger charge is -2.07. The van der Waals surface area contributed by atoms with Crippen LogP contribution in [0.4, 0.5) is 10.1 Å². The van der Waals surface area contributed by atoms with Crippen molar-refractivity contribution in [1.29, 1.82) is 0 Å². The van der Waals surface area contributed by atoms with Crippen molar-refractivity contribution in [2.75, 3.05) is 12.0 Å². The van der Waals surface area contributed by atoms with Crippen LogP contribution in [0.15, 0.2) is 57.2 Å². The van der Waals surface area contributed by atoms with E-state index < -0.39 is 9.84 Å². The predicted molar refractivity (Wildman–Crippen MR) is 74.5 cm³/mol. The van der Waals surface area contributed by atoms with E-state index in [1.54, 1.807) is 18.2 Å². The van der Waals surface area contributed by atoms with Gasteiger partial charge < -0.3 is 5.73 Å². The van der Waals surface area contributed by atoms with Gasteiger partial charge in [-0.3, -0.25) is 0 Å². The topological polar surface area (TPSA) is 60.2 Å². The van der Waals surface area contributed by atoms with Crippen molar-refractivity contribution in [1.82, 2.24) is 0 Å². The van der Waals surface area contributed by atoms with Crippen molar-refractivity contribution in [3.8, 4) is 0 Å². The number of nitrogen functional groups attached to an aromatic ring is 1. The van der Waals surface area contributed by atoms with Crippen molar-refractivity contribution >= 4 is 27.3 Å². The summed E-state index contributed by atoms with van der Waals surface area (Å²) in [7, 11) is -3.27. The molecule has 2 aromatic rings. The highest BCUT2D eigenvalue weighted by molar-refractivity contribution is 7.99. The van der Waals surface area contributed by atoms with Gasteiger partial charge >= 0.3 is 0 Å². The minimum Gasteiger partial charge on any atom is -0.398 e. The Morgan fingerprint density at radius 3 is 2.47 bits per heavy atom. The molecule has 0 aliphatic carbocycles. The lowest BCUT2D eigenvalue weighted by Crippen LogP contribution is -1.99. The van der Waals surface area contributed by atoms with Gasteiger partial charge in [-0.1, -0.05) is 17.8 Å². The summed E-state index contributed by atoms with van der Waals surface area (Å²) in [5, 5.41) is 0. The number of nitrogens with two attached hydrogens (primary N) is 1. The Hall–Kier alpha value is -1.53. The largest absolute Gasteiger partial charge is 0.398 e. The standard InChI is InChI=1S/C13H12FNO2S2/c1-19(16,17)11-5-6-13(12(15)8-11)18-10-4-2-3-9(14)7-10/h2-8H,15H2,1H3. The molecule has 0 aromatic heterocycles. The molecule has 0 radical (unpaired) electrons. The monoisotopic (exact) mass is 297 g/mol. The third-order valence-corrected chi connectivity index (χ3v) is 4.62. The molecule has 2 aromatic carbocycles. The fourth-order valence-corrected chi connectivity index (χ4v) is 3.05. The summed E-state index contributed by atoms with van der Waals surface area (Å²) in [5.74, 6) is -0.323. The van der Waals surface area contributed by atoms with Gasteiger partial charge in [0.15, 0.2) is 9.84 Å². The number of benzene rings is 2. The van der Waals surface area contributed by atoms with Gasteiger partial charge in [-0.05, 0) is 36.4 Å². The first kappa shape index (κ1) is 13.9. The van der Waals surface area contributed by atoms with E-state index in [4.69, 9.17) is 5.73 Å². The first-order valence-corrected chi connectivity index (χ1v) is 8.10. The second kappa shape index (κ2) is 5.22. The quantitative estimate of drug-likeness (QED) is 0.885. The molecule has 0 aliphatic heterocycles. The molecule has 100 valence electrons. The maximum Gasteiger partial charge on any atom is 0.175 e. The molecule has 0 heterocycles. The Balaban J connectivity index is 2.32. The number of hydrogen-bond acceptors (Lipinski definition) is 4. The van der Waals surface area contributed by atoms with Crippen molar-refractivity contribution in [2.24, 2.45) is 0 Å². The summed E-state index contributed by atoms with van der Waals surface area (Å²) in [4.78, 5) is 1.57. The smallest absolute Gasteiger partial charge is 0.175 e. The fraction of sp³-hybridized carbons (Fsp3) is 0.0769. The van der Waals surface area contributed by atoms with Crippen LogP contribution in [0.2, 0.25) is 0 Å². The summed E-state index contributed by atoms with van der Waals surface area (Å²) < 4.78 is 35.8. The summed E-state index contributed by atoms with van der Waals surface area (Å²) >= 11 is 1.29. The summed E-state index contributed by atoms with van der Waals surface area (Å²) in [6, 6.07) is 10.7. The highest BCUT2D eigenvalue weighted by atomic mass is 32.2. The van der Waals surface area contributed by atoms with Crippen molar-refractivity contribution in [2.45, 2.75) is 14.7 Å². The number of anilines is 1. The molecule has 3 nitrogen and oxygen atoms in total. The van der Waals surface area contributed by atoms with E-state index in [9.17, 15) is 12.8 Å². The molecule has 0 unspecified atom stereocenters. The maximum absolute atomic E-state index is 13.1. The minimum atomic E-state index is -3.27. The van der Waals surface area contributed by atoms with Crippen LogP contribution in [0, 0.1) is 5.82 Å². The van der Waals surface area contributed by atoms with Crippen LogP contribution in [-0.4, -0.2) is 14.7 Å². The highest BCUT2D eigenvalue weighted by Crippen LogP contribution is 2.33. The van der Waals surface area contributed by atoms with Crippen LogP contribution in [-0.2, 0) is 9.84 Å². The lowest BCUT2D eigenvalue weighted by molar-refractivity contribution is 0.602. The van der Waals surface area contributed by atoms with Crippen LogP contribution >= 0.6 is 11.8 Å². The second-order valence-electron chi connectivity index (χ2n) is 4.03. The van der Waals surface area contributed by atoms with Gasteiger partial charge in [0, 0.05) is 21.7 Å².